The molecule has 1 aliphatic carbocycles. The molecule has 0 amide bonds. The van der Waals surface area contributed by atoms with Gasteiger partial charge >= 0.3 is 0 Å². The quantitative estimate of drug-likeness (QED) is 0.913. The Morgan fingerprint density at radius 1 is 1.38 bits per heavy atom. The maximum Gasteiger partial charge on any atom is 0.124 e. The Morgan fingerprint density at radius 3 is 2.81 bits per heavy atom. The number of ether oxygens (including phenoxy) is 1. The first-order valence-electron chi connectivity index (χ1n) is 5.89. The van der Waals surface area contributed by atoms with E-state index >= 15 is 0 Å². The van der Waals surface area contributed by atoms with E-state index < -0.39 is 0 Å². The highest BCUT2D eigenvalue weighted by Gasteiger charge is 2.17. The highest BCUT2D eigenvalue weighted by molar-refractivity contribution is 9.10. The molecule has 0 unspecified atom stereocenters. The molecular formula is C13H18BrNO. The SMILES string of the molecule is CNCc1cc(Br)ccc1OC1CCCC1. The van der Waals surface area contributed by atoms with E-state index in [1.165, 1.54) is 31.2 Å². The van der Waals surface area contributed by atoms with E-state index in [2.05, 4.69) is 33.4 Å². The summed E-state index contributed by atoms with van der Waals surface area (Å²) in [5.41, 5.74) is 1.23. The summed E-state index contributed by atoms with van der Waals surface area (Å²) in [7, 11) is 1.96. The first kappa shape index (κ1) is 11.9. The molecule has 0 atom stereocenters. The van der Waals surface area contributed by atoms with E-state index in [4.69, 9.17) is 4.74 Å². The molecule has 2 nitrogen and oxygen atoms in total. The smallest absolute Gasteiger partial charge is 0.124 e. The fourth-order valence-electron chi connectivity index (χ4n) is 2.18. The van der Waals surface area contributed by atoms with Crippen LogP contribution in [0.2, 0.25) is 0 Å². The van der Waals surface area contributed by atoms with Crippen LogP contribution in [0.3, 0.4) is 0 Å². The van der Waals surface area contributed by atoms with Crippen LogP contribution < -0.4 is 10.1 Å². The Morgan fingerprint density at radius 2 is 2.12 bits per heavy atom. The van der Waals surface area contributed by atoms with Crippen LogP contribution >= 0.6 is 15.9 Å². The van der Waals surface area contributed by atoms with Crippen LogP contribution in [-0.2, 0) is 6.54 Å². The number of hydrogen-bond donors (Lipinski definition) is 1. The van der Waals surface area contributed by atoms with Gasteiger partial charge in [-0.3, -0.25) is 0 Å². The fraction of sp³-hybridized carbons (Fsp3) is 0.538. The van der Waals surface area contributed by atoms with Gasteiger partial charge in [0.2, 0.25) is 0 Å². The van der Waals surface area contributed by atoms with E-state index in [1.807, 2.05) is 13.1 Å². The van der Waals surface area contributed by atoms with Crippen molar-refractivity contribution in [2.45, 2.75) is 38.3 Å². The van der Waals surface area contributed by atoms with Crippen molar-refractivity contribution in [1.29, 1.82) is 0 Å². The summed E-state index contributed by atoms with van der Waals surface area (Å²) >= 11 is 3.50. The van der Waals surface area contributed by atoms with Crippen molar-refractivity contribution in [3.05, 3.63) is 28.2 Å². The summed E-state index contributed by atoms with van der Waals surface area (Å²) < 4.78 is 7.16. The van der Waals surface area contributed by atoms with Gasteiger partial charge in [0.05, 0.1) is 6.10 Å². The predicted molar refractivity (Wildman–Crippen MR) is 69.8 cm³/mol. The topological polar surface area (TPSA) is 21.3 Å². The maximum atomic E-state index is 6.05. The Kier molecular flexibility index (Phi) is 4.24. The van der Waals surface area contributed by atoms with E-state index in [0.717, 1.165) is 16.8 Å². The molecule has 1 N–H and O–H groups in total. The summed E-state index contributed by atoms with van der Waals surface area (Å²) in [6.07, 6.45) is 5.45. The van der Waals surface area contributed by atoms with Crippen LogP contribution in [0.1, 0.15) is 31.2 Å². The molecule has 0 heterocycles. The third-order valence-electron chi connectivity index (χ3n) is 2.99. The molecule has 0 aromatic heterocycles. The molecule has 1 aliphatic rings. The summed E-state index contributed by atoms with van der Waals surface area (Å²) in [6, 6.07) is 6.24. The summed E-state index contributed by atoms with van der Waals surface area (Å²) in [6.45, 7) is 0.849. The standard InChI is InChI=1S/C13H18BrNO/c1-15-9-10-8-11(14)6-7-13(10)16-12-4-2-3-5-12/h6-8,12,15H,2-5,9H2,1H3. The summed E-state index contributed by atoms with van der Waals surface area (Å²) in [5.74, 6) is 1.03. The van der Waals surface area contributed by atoms with Crippen molar-refractivity contribution in [3.8, 4) is 5.75 Å². The molecule has 1 aromatic rings. The average Bonchev–Trinajstić information content (AvgIpc) is 2.75. The largest absolute Gasteiger partial charge is 0.490 e. The molecule has 0 radical (unpaired) electrons. The van der Waals surface area contributed by atoms with Crippen LogP contribution in [0.25, 0.3) is 0 Å². The van der Waals surface area contributed by atoms with E-state index in [-0.39, 0.29) is 0 Å². The Bertz CT molecular complexity index is 348. The molecule has 1 fully saturated rings. The highest BCUT2D eigenvalue weighted by Crippen LogP contribution is 2.28. The van der Waals surface area contributed by atoms with Gasteiger partial charge in [0.15, 0.2) is 0 Å². The molecule has 0 bridgehead atoms. The third kappa shape index (κ3) is 2.98. The minimum atomic E-state index is 0.428. The van der Waals surface area contributed by atoms with Gasteiger partial charge in [-0.25, -0.2) is 0 Å². The second-order valence-electron chi connectivity index (χ2n) is 4.31. The first-order chi connectivity index (χ1) is 7.79. The monoisotopic (exact) mass is 283 g/mol. The van der Waals surface area contributed by atoms with Crippen LogP contribution in [0.4, 0.5) is 0 Å². The fourth-order valence-corrected chi connectivity index (χ4v) is 2.59. The van der Waals surface area contributed by atoms with Gasteiger partial charge in [0.1, 0.15) is 5.75 Å². The lowest BCUT2D eigenvalue weighted by Crippen LogP contribution is -2.14. The molecule has 0 spiro atoms. The normalized spacial score (nSPS) is 16.6. The Labute approximate surface area is 106 Å². The number of nitrogens with one attached hydrogen (secondary N) is 1. The minimum absolute atomic E-state index is 0.428. The lowest BCUT2D eigenvalue weighted by atomic mass is 10.2. The van der Waals surface area contributed by atoms with Crippen molar-refractivity contribution in [3.63, 3.8) is 0 Å². The second kappa shape index (κ2) is 5.69. The Hall–Kier alpha value is -0.540. The minimum Gasteiger partial charge on any atom is -0.490 e. The summed E-state index contributed by atoms with van der Waals surface area (Å²) in [4.78, 5) is 0. The van der Waals surface area contributed by atoms with E-state index in [0.29, 0.717) is 6.10 Å². The predicted octanol–water partition coefficient (Wildman–Crippen LogP) is 3.49. The number of benzene rings is 1. The maximum absolute atomic E-state index is 6.05. The molecule has 88 valence electrons. The number of halogens is 1. The van der Waals surface area contributed by atoms with Gasteiger partial charge in [-0.05, 0) is 50.9 Å². The van der Waals surface area contributed by atoms with Crippen molar-refractivity contribution in [2.75, 3.05) is 7.05 Å². The van der Waals surface area contributed by atoms with Crippen molar-refractivity contribution in [2.24, 2.45) is 0 Å². The second-order valence-corrected chi connectivity index (χ2v) is 5.22. The van der Waals surface area contributed by atoms with Gasteiger partial charge in [-0.15, -0.1) is 0 Å². The number of rotatable bonds is 4. The van der Waals surface area contributed by atoms with Gasteiger partial charge < -0.3 is 10.1 Å². The molecular weight excluding hydrogens is 266 g/mol. The van der Waals surface area contributed by atoms with E-state index in [9.17, 15) is 0 Å². The molecule has 0 aliphatic heterocycles. The molecule has 3 heteroatoms. The lowest BCUT2D eigenvalue weighted by molar-refractivity contribution is 0.207. The summed E-state index contributed by atoms with van der Waals surface area (Å²) in [5, 5.41) is 3.18. The zero-order valence-electron chi connectivity index (χ0n) is 9.63. The van der Waals surface area contributed by atoms with Crippen LogP contribution in [0.15, 0.2) is 22.7 Å². The first-order valence-corrected chi connectivity index (χ1v) is 6.68. The van der Waals surface area contributed by atoms with Gasteiger partial charge in [0, 0.05) is 16.6 Å². The van der Waals surface area contributed by atoms with E-state index in [1.54, 1.807) is 0 Å². The lowest BCUT2D eigenvalue weighted by Gasteiger charge is -2.16. The molecule has 1 aromatic carbocycles. The zero-order valence-corrected chi connectivity index (χ0v) is 11.2. The zero-order chi connectivity index (χ0) is 11.4. The van der Waals surface area contributed by atoms with Crippen LogP contribution in [0.5, 0.6) is 5.75 Å². The van der Waals surface area contributed by atoms with Crippen LogP contribution in [-0.4, -0.2) is 13.2 Å². The number of hydrogen-bond acceptors (Lipinski definition) is 2. The molecule has 1 saturated carbocycles. The van der Waals surface area contributed by atoms with Crippen LogP contribution in [0, 0.1) is 0 Å². The van der Waals surface area contributed by atoms with Crippen molar-refractivity contribution in [1.82, 2.24) is 5.32 Å². The highest BCUT2D eigenvalue weighted by atomic mass is 79.9. The van der Waals surface area contributed by atoms with Crippen molar-refractivity contribution >= 4 is 15.9 Å². The van der Waals surface area contributed by atoms with Crippen molar-refractivity contribution < 1.29 is 4.74 Å². The van der Waals surface area contributed by atoms with Gasteiger partial charge in [-0.2, -0.15) is 0 Å². The average molecular weight is 284 g/mol. The Balaban J connectivity index is 2.11. The molecule has 0 saturated heterocycles. The van der Waals surface area contributed by atoms with Gasteiger partial charge in [-0.1, -0.05) is 15.9 Å². The third-order valence-corrected chi connectivity index (χ3v) is 3.48. The molecule has 2 rings (SSSR count). The van der Waals surface area contributed by atoms with Gasteiger partial charge in [0.25, 0.3) is 0 Å². The molecule has 16 heavy (non-hydrogen) atoms.